The van der Waals surface area contributed by atoms with E-state index in [2.05, 4.69) is 16.0 Å². The molecule has 0 bridgehead atoms. The lowest BCUT2D eigenvalue weighted by atomic mass is 9.80. The van der Waals surface area contributed by atoms with Crippen LogP contribution in [0.3, 0.4) is 0 Å². The van der Waals surface area contributed by atoms with Crippen molar-refractivity contribution in [3.05, 3.63) is 24.3 Å². The summed E-state index contributed by atoms with van der Waals surface area (Å²) in [6.07, 6.45) is 6.14. The van der Waals surface area contributed by atoms with Gasteiger partial charge in [-0.3, -0.25) is 9.97 Å². The molecule has 0 radical (unpaired) electrons. The second kappa shape index (κ2) is 5.71. The number of hydrogen-bond donors (Lipinski definition) is 0. The molecule has 5 nitrogen and oxygen atoms in total. The highest BCUT2D eigenvalue weighted by atomic mass is 16.5. The minimum atomic E-state index is -0.640. The molecule has 1 fully saturated rings. The van der Waals surface area contributed by atoms with E-state index in [-0.39, 0.29) is 0 Å². The summed E-state index contributed by atoms with van der Waals surface area (Å²) in [7, 11) is 0. The maximum Gasteiger partial charge on any atom is 0.105 e. The van der Waals surface area contributed by atoms with Crippen LogP contribution in [0.25, 0.3) is 0 Å². The van der Waals surface area contributed by atoms with Gasteiger partial charge in [-0.2, -0.15) is 5.26 Å². The highest BCUT2D eigenvalue weighted by molar-refractivity contribution is 5.24. The molecule has 17 heavy (non-hydrogen) atoms. The lowest BCUT2D eigenvalue weighted by Crippen LogP contribution is -2.28. The monoisotopic (exact) mass is 233 g/mol. The molecular formula is C12H15N3O2. The van der Waals surface area contributed by atoms with Crippen molar-refractivity contribution in [2.24, 2.45) is 0 Å². The van der Waals surface area contributed by atoms with Crippen molar-refractivity contribution >= 4 is 0 Å². The number of rotatable bonds is 1. The van der Waals surface area contributed by atoms with E-state index in [0.29, 0.717) is 45.0 Å². The van der Waals surface area contributed by atoms with Crippen LogP contribution in [-0.4, -0.2) is 36.4 Å². The summed E-state index contributed by atoms with van der Waals surface area (Å²) in [5, 5.41) is 9.47. The zero-order valence-corrected chi connectivity index (χ0v) is 9.63. The van der Waals surface area contributed by atoms with Gasteiger partial charge >= 0.3 is 0 Å². The Morgan fingerprint density at radius 2 is 1.82 bits per heavy atom. The van der Waals surface area contributed by atoms with E-state index < -0.39 is 5.41 Å². The smallest absolute Gasteiger partial charge is 0.105 e. The summed E-state index contributed by atoms with van der Waals surface area (Å²) in [6.45, 7) is 2.27. The van der Waals surface area contributed by atoms with Crippen molar-refractivity contribution in [3.63, 3.8) is 0 Å². The van der Waals surface area contributed by atoms with Crippen LogP contribution < -0.4 is 0 Å². The Labute approximate surface area is 100 Å². The normalized spacial score (nSPS) is 20.6. The van der Waals surface area contributed by atoms with Crippen molar-refractivity contribution < 1.29 is 9.47 Å². The molecule has 0 amide bonds. The van der Waals surface area contributed by atoms with E-state index >= 15 is 0 Å². The van der Waals surface area contributed by atoms with Crippen LogP contribution >= 0.6 is 0 Å². The predicted molar refractivity (Wildman–Crippen MR) is 60.2 cm³/mol. The number of ether oxygens (including phenoxy) is 2. The Kier molecular flexibility index (Phi) is 4.02. The Morgan fingerprint density at radius 3 is 2.35 bits per heavy atom. The number of aromatic nitrogens is 2. The number of hydrogen-bond acceptors (Lipinski definition) is 5. The summed E-state index contributed by atoms with van der Waals surface area (Å²) in [5.41, 5.74) is 0.0649. The fraction of sp³-hybridized carbons (Fsp3) is 0.583. The minimum absolute atomic E-state index is 0.549. The van der Waals surface area contributed by atoms with Gasteiger partial charge < -0.3 is 9.47 Å². The SMILES string of the molecule is N#CC1(c2cnccn2)CCOCCOCC1. The lowest BCUT2D eigenvalue weighted by molar-refractivity contribution is 0.0584. The molecule has 90 valence electrons. The summed E-state index contributed by atoms with van der Waals surface area (Å²) >= 11 is 0. The molecule has 1 aliphatic heterocycles. The van der Waals surface area contributed by atoms with Crippen molar-refractivity contribution in [2.45, 2.75) is 18.3 Å². The standard InChI is InChI=1S/C12H15N3O2/c13-10-12(11-9-14-3-4-15-11)1-5-16-7-8-17-6-2-12/h3-4,9H,1-2,5-8H2. The van der Waals surface area contributed by atoms with E-state index in [0.717, 1.165) is 0 Å². The van der Waals surface area contributed by atoms with Crippen LogP contribution in [-0.2, 0) is 14.9 Å². The molecule has 0 spiro atoms. The van der Waals surface area contributed by atoms with Crippen LogP contribution in [0, 0.1) is 11.3 Å². The Morgan fingerprint density at radius 1 is 1.12 bits per heavy atom. The molecule has 0 aromatic carbocycles. The molecule has 2 rings (SSSR count). The largest absolute Gasteiger partial charge is 0.379 e. The molecule has 1 aliphatic rings. The highest BCUT2D eigenvalue weighted by Crippen LogP contribution is 2.30. The molecule has 1 aromatic heterocycles. The highest BCUT2D eigenvalue weighted by Gasteiger charge is 2.34. The van der Waals surface area contributed by atoms with Crippen molar-refractivity contribution in [1.82, 2.24) is 9.97 Å². The van der Waals surface area contributed by atoms with Crippen molar-refractivity contribution in [2.75, 3.05) is 26.4 Å². The molecule has 2 heterocycles. The van der Waals surface area contributed by atoms with Crippen LogP contribution in [0.4, 0.5) is 0 Å². The van der Waals surface area contributed by atoms with Gasteiger partial charge in [-0.05, 0) is 12.8 Å². The fourth-order valence-corrected chi connectivity index (χ4v) is 1.91. The topological polar surface area (TPSA) is 68.0 Å². The Balaban J connectivity index is 2.24. The van der Waals surface area contributed by atoms with Gasteiger partial charge in [-0.15, -0.1) is 0 Å². The molecule has 1 aromatic rings. The van der Waals surface area contributed by atoms with Crippen molar-refractivity contribution in [3.8, 4) is 6.07 Å². The Bertz CT molecular complexity index is 378. The first kappa shape index (κ1) is 12.0. The molecule has 1 saturated heterocycles. The molecule has 0 N–H and O–H groups in total. The first-order chi connectivity index (χ1) is 8.37. The molecule has 0 aliphatic carbocycles. The van der Waals surface area contributed by atoms with E-state index in [4.69, 9.17) is 9.47 Å². The second-order valence-electron chi connectivity index (χ2n) is 4.01. The lowest BCUT2D eigenvalue weighted by Gasteiger charge is -2.24. The quantitative estimate of drug-likeness (QED) is 0.725. The summed E-state index contributed by atoms with van der Waals surface area (Å²) in [4.78, 5) is 8.29. The maximum absolute atomic E-state index is 9.47. The van der Waals surface area contributed by atoms with E-state index in [1.165, 1.54) is 0 Å². The zero-order chi connectivity index (χ0) is 12.0. The van der Waals surface area contributed by atoms with E-state index in [1.54, 1.807) is 18.6 Å². The van der Waals surface area contributed by atoms with Crippen LogP contribution in [0.5, 0.6) is 0 Å². The summed E-state index contributed by atoms with van der Waals surface area (Å²) in [6, 6.07) is 2.37. The average Bonchev–Trinajstić information content (AvgIpc) is 2.52. The minimum Gasteiger partial charge on any atom is -0.379 e. The third kappa shape index (κ3) is 2.78. The van der Waals surface area contributed by atoms with Gasteiger partial charge in [0.1, 0.15) is 5.41 Å². The van der Waals surface area contributed by atoms with Gasteiger partial charge in [0, 0.05) is 25.6 Å². The molecule has 0 unspecified atom stereocenters. The number of nitriles is 1. The van der Waals surface area contributed by atoms with Gasteiger partial charge in [0.25, 0.3) is 0 Å². The first-order valence-corrected chi connectivity index (χ1v) is 5.71. The zero-order valence-electron chi connectivity index (χ0n) is 9.63. The average molecular weight is 233 g/mol. The summed E-state index contributed by atoms with van der Waals surface area (Å²) in [5.74, 6) is 0. The third-order valence-corrected chi connectivity index (χ3v) is 2.99. The van der Waals surface area contributed by atoms with Gasteiger partial charge in [-0.25, -0.2) is 0 Å². The van der Waals surface area contributed by atoms with E-state index in [1.807, 2.05) is 0 Å². The van der Waals surface area contributed by atoms with Crippen molar-refractivity contribution in [1.29, 1.82) is 5.26 Å². The predicted octanol–water partition coefficient (Wildman–Crippen LogP) is 1.06. The molecule has 0 saturated carbocycles. The molecule has 0 atom stereocenters. The number of nitrogens with zero attached hydrogens (tertiary/aromatic N) is 3. The second-order valence-corrected chi connectivity index (χ2v) is 4.01. The van der Waals surface area contributed by atoms with Crippen LogP contribution in [0.1, 0.15) is 18.5 Å². The van der Waals surface area contributed by atoms with E-state index in [9.17, 15) is 5.26 Å². The third-order valence-electron chi connectivity index (χ3n) is 2.99. The van der Waals surface area contributed by atoms with Gasteiger partial charge in [0.15, 0.2) is 0 Å². The molecule has 5 heteroatoms. The van der Waals surface area contributed by atoms with Gasteiger partial charge in [0.05, 0.1) is 31.2 Å². The van der Waals surface area contributed by atoms with Crippen LogP contribution in [0.2, 0.25) is 0 Å². The maximum atomic E-state index is 9.47. The van der Waals surface area contributed by atoms with Gasteiger partial charge in [-0.1, -0.05) is 0 Å². The fourth-order valence-electron chi connectivity index (χ4n) is 1.91. The summed E-state index contributed by atoms with van der Waals surface area (Å²) < 4.78 is 10.8. The first-order valence-electron chi connectivity index (χ1n) is 5.71. The Hall–Kier alpha value is -1.51. The van der Waals surface area contributed by atoms with Gasteiger partial charge in [0.2, 0.25) is 0 Å². The molecular weight excluding hydrogens is 218 g/mol. The van der Waals surface area contributed by atoms with Crippen LogP contribution in [0.15, 0.2) is 18.6 Å².